The second kappa shape index (κ2) is 5.75. The fourth-order valence-corrected chi connectivity index (χ4v) is 1.77. The van der Waals surface area contributed by atoms with Crippen molar-refractivity contribution in [3.63, 3.8) is 0 Å². The van der Waals surface area contributed by atoms with Crippen LogP contribution in [0.15, 0.2) is 42.9 Å². The molecule has 0 amide bonds. The summed E-state index contributed by atoms with van der Waals surface area (Å²) in [7, 11) is 0. The fraction of sp³-hybridized carbons (Fsp3) is 0.231. The quantitative estimate of drug-likeness (QED) is 0.903. The fourth-order valence-electron chi connectivity index (χ4n) is 1.57. The maximum Gasteiger partial charge on any atom is 0.115 e. The van der Waals surface area contributed by atoms with Crippen molar-refractivity contribution in [3.05, 3.63) is 59.1 Å². The van der Waals surface area contributed by atoms with E-state index in [4.69, 9.17) is 11.6 Å². The Morgan fingerprint density at radius 3 is 2.94 bits per heavy atom. The largest absolute Gasteiger partial charge is 0.305 e. The maximum atomic E-state index is 5.96. The van der Waals surface area contributed by atoms with Gasteiger partial charge in [0.2, 0.25) is 0 Å². The van der Waals surface area contributed by atoms with E-state index in [1.807, 2.05) is 24.3 Å². The molecule has 0 saturated carbocycles. The summed E-state index contributed by atoms with van der Waals surface area (Å²) >= 11 is 5.96. The zero-order valence-electron chi connectivity index (χ0n) is 9.60. The number of hydrogen-bond acceptors (Lipinski definition) is 3. The molecule has 17 heavy (non-hydrogen) atoms. The van der Waals surface area contributed by atoms with Crippen LogP contribution in [0.2, 0.25) is 5.02 Å². The van der Waals surface area contributed by atoms with Gasteiger partial charge in [0.05, 0.1) is 5.69 Å². The normalized spacial score (nSPS) is 12.4. The summed E-state index contributed by atoms with van der Waals surface area (Å²) in [4.78, 5) is 8.05. The van der Waals surface area contributed by atoms with E-state index in [1.165, 1.54) is 5.56 Å². The molecule has 0 unspecified atom stereocenters. The molecule has 0 saturated heterocycles. The molecular weight excluding hydrogens is 234 g/mol. The standard InChI is InChI=1S/C13H14ClN3/c1-10(11-3-2-4-12(14)7-11)16-8-13-5-6-15-9-17-13/h2-7,9-10,16H,8H2,1H3/t10-/m1/s1. The average Bonchev–Trinajstić information content (AvgIpc) is 2.37. The molecule has 88 valence electrons. The van der Waals surface area contributed by atoms with E-state index in [0.29, 0.717) is 0 Å². The first kappa shape index (κ1) is 12.0. The molecule has 2 aromatic rings. The number of halogens is 1. The molecular formula is C13H14ClN3. The third-order valence-corrected chi connectivity index (χ3v) is 2.82. The van der Waals surface area contributed by atoms with Crippen molar-refractivity contribution < 1.29 is 0 Å². The zero-order valence-corrected chi connectivity index (χ0v) is 10.4. The summed E-state index contributed by atoms with van der Waals surface area (Å²) in [5.41, 5.74) is 2.15. The number of rotatable bonds is 4. The Hall–Kier alpha value is -1.45. The minimum atomic E-state index is 0.240. The summed E-state index contributed by atoms with van der Waals surface area (Å²) < 4.78 is 0. The third-order valence-electron chi connectivity index (χ3n) is 2.58. The number of hydrogen-bond donors (Lipinski definition) is 1. The van der Waals surface area contributed by atoms with Gasteiger partial charge in [-0.05, 0) is 30.7 Å². The molecule has 0 aliphatic carbocycles. The summed E-state index contributed by atoms with van der Waals surface area (Å²) in [5.74, 6) is 0. The Balaban J connectivity index is 1.96. The molecule has 0 radical (unpaired) electrons. The minimum absolute atomic E-state index is 0.240. The van der Waals surface area contributed by atoms with Crippen LogP contribution in [0, 0.1) is 0 Å². The first-order valence-electron chi connectivity index (χ1n) is 5.49. The molecule has 1 aromatic carbocycles. The van der Waals surface area contributed by atoms with Crippen molar-refractivity contribution in [1.82, 2.24) is 15.3 Å². The van der Waals surface area contributed by atoms with Gasteiger partial charge in [-0.2, -0.15) is 0 Å². The van der Waals surface area contributed by atoms with Crippen LogP contribution >= 0.6 is 11.6 Å². The zero-order chi connectivity index (χ0) is 12.1. The molecule has 0 aliphatic heterocycles. The highest BCUT2D eigenvalue weighted by Gasteiger charge is 2.05. The van der Waals surface area contributed by atoms with Crippen LogP contribution in [0.3, 0.4) is 0 Å². The average molecular weight is 248 g/mol. The smallest absolute Gasteiger partial charge is 0.115 e. The topological polar surface area (TPSA) is 37.8 Å². The summed E-state index contributed by atoms with van der Waals surface area (Å²) in [6.45, 7) is 2.82. The van der Waals surface area contributed by atoms with Crippen molar-refractivity contribution >= 4 is 11.6 Å². The van der Waals surface area contributed by atoms with Crippen LogP contribution in [0.1, 0.15) is 24.2 Å². The van der Waals surface area contributed by atoms with Crippen molar-refractivity contribution in [1.29, 1.82) is 0 Å². The predicted octanol–water partition coefficient (Wildman–Crippen LogP) is 2.98. The predicted molar refractivity (Wildman–Crippen MR) is 68.7 cm³/mol. The molecule has 0 aliphatic rings. The number of aromatic nitrogens is 2. The van der Waals surface area contributed by atoms with Gasteiger partial charge < -0.3 is 5.32 Å². The van der Waals surface area contributed by atoms with Gasteiger partial charge in [-0.3, -0.25) is 0 Å². The van der Waals surface area contributed by atoms with Crippen molar-refractivity contribution in [2.75, 3.05) is 0 Å². The Labute approximate surface area is 106 Å². The highest BCUT2D eigenvalue weighted by atomic mass is 35.5. The van der Waals surface area contributed by atoms with E-state index in [-0.39, 0.29) is 6.04 Å². The molecule has 1 N–H and O–H groups in total. The lowest BCUT2D eigenvalue weighted by Gasteiger charge is -2.14. The second-order valence-electron chi connectivity index (χ2n) is 3.86. The highest BCUT2D eigenvalue weighted by Crippen LogP contribution is 2.17. The molecule has 0 fully saturated rings. The van der Waals surface area contributed by atoms with E-state index >= 15 is 0 Å². The van der Waals surface area contributed by atoms with Crippen LogP contribution in [0.5, 0.6) is 0 Å². The van der Waals surface area contributed by atoms with Gasteiger partial charge in [0.15, 0.2) is 0 Å². The van der Waals surface area contributed by atoms with Gasteiger partial charge in [-0.1, -0.05) is 23.7 Å². The molecule has 4 heteroatoms. The van der Waals surface area contributed by atoms with Gasteiger partial charge in [0.1, 0.15) is 6.33 Å². The molecule has 1 aromatic heterocycles. The van der Waals surface area contributed by atoms with Crippen molar-refractivity contribution in [2.45, 2.75) is 19.5 Å². The molecule has 0 bridgehead atoms. The van der Waals surface area contributed by atoms with Gasteiger partial charge >= 0.3 is 0 Å². The van der Waals surface area contributed by atoms with E-state index in [9.17, 15) is 0 Å². The second-order valence-corrected chi connectivity index (χ2v) is 4.29. The highest BCUT2D eigenvalue weighted by molar-refractivity contribution is 6.30. The van der Waals surface area contributed by atoms with Crippen LogP contribution < -0.4 is 5.32 Å². The Morgan fingerprint density at radius 2 is 2.24 bits per heavy atom. The van der Waals surface area contributed by atoms with Crippen LogP contribution in [-0.2, 0) is 6.54 Å². The lowest BCUT2D eigenvalue weighted by atomic mass is 10.1. The SMILES string of the molecule is C[C@@H](NCc1ccncn1)c1cccc(Cl)c1. The third kappa shape index (κ3) is 3.51. The van der Waals surface area contributed by atoms with Crippen LogP contribution in [0.25, 0.3) is 0 Å². The summed E-state index contributed by atoms with van der Waals surface area (Å²) in [5, 5.41) is 4.16. The molecule has 1 heterocycles. The van der Waals surface area contributed by atoms with E-state index in [0.717, 1.165) is 17.3 Å². The number of nitrogens with one attached hydrogen (secondary N) is 1. The lowest BCUT2D eigenvalue weighted by molar-refractivity contribution is 0.567. The minimum Gasteiger partial charge on any atom is -0.305 e. The number of nitrogens with zero attached hydrogens (tertiary/aromatic N) is 2. The van der Waals surface area contributed by atoms with E-state index in [1.54, 1.807) is 12.5 Å². The van der Waals surface area contributed by atoms with Gasteiger partial charge in [-0.15, -0.1) is 0 Å². The van der Waals surface area contributed by atoms with Crippen LogP contribution in [0.4, 0.5) is 0 Å². The first-order valence-corrected chi connectivity index (χ1v) is 5.87. The first-order chi connectivity index (χ1) is 8.25. The summed E-state index contributed by atoms with van der Waals surface area (Å²) in [6, 6.07) is 10.0. The summed E-state index contributed by atoms with van der Waals surface area (Å²) in [6.07, 6.45) is 3.30. The Morgan fingerprint density at radius 1 is 1.35 bits per heavy atom. The maximum absolute atomic E-state index is 5.96. The van der Waals surface area contributed by atoms with Gasteiger partial charge in [0, 0.05) is 23.8 Å². The number of benzene rings is 1. The molecule has 2 rings (SSSR count). The van der Waals surface area contributed by atoms with Crippen molar-refractivity contribution in [2.24, 2.45) is 0 Å². The van der Waals surface area contributed by atoms with E-state index < -0.39 is 0 Å². The van der Waals surface area contributed by atoms with Gasteiger partial charge in [0.25, 0.3) is 0 Å². The monoisotopic (exact) mass is 247 g/mol. The van der Waals surface area contributed by atoms with Gasteiger partial charge in [-0.25, -0.2) is 9.97 Å². The molecule has 1 atom stereocenters. The Kier molecular flexibility index (Phi) is 4.07. The van der Waals surface area contributed by atoms with E-state index in [2.05, 4.69) is 28.3 Å². The Bertz CT molecular complexity index is 473. The van der Waals surface area contributed by atoms with Crippen molar-refractivity contribution in [3.8, 4) is 0 Å². The molecule has 0 spiro atoms. The molecule has 3 nitrogen and oxygen atoms in total. The lowest BCUT2D eigenvalue weighted by Crippen LogP contribution is -2.18. The van der Waals surface area contributed by atoms with Crippen LogP contribution in [-0.4, -0.2) is 9.97 Å².